The van der Waals surface area contributed by atoms with Gasteiger partial charge in [-0.15, -0.1) is 12.4 Å². The number of rotatable bonds is 3. The van der Waals surface area contributed by atoms with E-state index in [2.05, 4.69) is 41.4 Å². The SMILES string of the molecule is CC1CN(Cc2cc(-c3ccccc3)no2)CC(C)N1.Cl. The summed E-state index contributed by atoms with van der Waals surface area (Å²) in [6, 6.07) is 13.2. The van der Waals surface area contributed by atoms with Gasteiger partial charge < -0.3 is 9.84 Å². The lowest BCUT2D eigenvalue weighted by Crippen LogP contribution is -2.53. The van der Waals surface area contributed by atoms with Crippen LogP contribution in [-0.4, -0.2) is 35.2 Å². The molecule has 114 valence electrons. The predicted octanol–water partition coefficient (Wildman–Crippen LogP) is 2.95. The van der Waals surface area contributed by atoms with Crippen molar-refractivity contribution in [2.75, 3.05) is 13.1 Å². The van der Waals surface area contributed by atoms with Crippen LogP contribution in [0, 0.1) is 0 Å². The summed E-state index contributed by atoms with van der Waals surface area (Å²) < 4.78 is 5.48. The molecule has 2 unspecified atom stereocenters. The number of nitrogens with zero attached hydrogens (tertiary/aromatic N) is 2. The Labute approximate surface area is 131 Å². The molecule has 1 aromatic heterocycles. The lowest BCUT2D eigenvalue weighted by molar-refractivity contribution is 0.152. The number of halogens is 1. The highest BCUT2D eigenvalue weighted by atomic mass is 35.5. The van der Waals surface area contributed by atoms with Crippen LogP contribution < -0.4 is 5.32 Å². The van der Waals surface area contributed by atoms with E-state index >= 15 is 0 Å². The third-order valence-corrected chi connectivity index (χ3v) is 3.64. The van der Waals surface area contributed by atoms with Crippen molar-refractivity contribution in [2.24, 2.45) is 0 Å². The highest BCUT2D eigenvalue weighted by molar-refractivity contribution is 5.85. The quantitative estimate of drug-likeness (QED) is 0.946. The molecule has 0 aliphatic carbocycles. The molecule has 0 radical (unpaired) electrons. The maximum absolute atomic E-state index is 5.48. The number of benzene rings is 1. The largest absolute Gasteiger partial charge is 0.359 e. The fraction of sp³-hybridized carbons (Fsp3) is 0.438. The van der Waals surface area contributed by atoms with Gasteiger partial charge >= 0.3 is 0 Å². The summed E-state index contributed by atoms with van der Waals surface area (Å²) in [4.78, 5) is 2.42. The highest BCUT2D eigenvalue weighted by Gasteiger charge is 2.22. The minimum Gasteiger partial charge on any atom is -0.359 e. The maximum Gasteiger partial charge on any atom is 0.151 e. The van der Waals surface area contributed by atoms with Crippen molar-refractivity contribution in [3.63, 3.8) is 0 Å². The summed E-state index contributed by atoms with van der Waals surface area (Å²) in [7, 11) is 0. The van der Waals surface area contributed by atoms with Crippen LogP contribution in [0.2, 0.25) is 0 Å². The van der Waals surface area contributed by atoms with E-state index in [9.17, 15) is 0 Å². The second-order valence-electron chi connectivity index (χ2n) is 5.71. The molecule has 1 fully saturated rings. The fourth-order valence-electron chi connectivity index (χ4n) is 2.92. The Bertz CT molecular complexity index is 548. The van der Waals surface area contributed by atoms with Crippen molar-refractivity contribution in [2.45, 2.75) is 32.5 Å². The van der Waals surface area contributed by atoms with Gasteiger partial charge in [0, 0.05) is 36.8 Å². The van der Waals surface area contributed by atoms with Gasteiger partial charge in [-0.1, -0.05) is 35.5 Å². The minimum absolute atomic E-state index is 0. The van der Waals surface area contributed by atoms with Gasteiger partial charge in [0.25, 0.3) is 0 Å². The number of hydrogen-bond acceptors (Lipinski definition) is 4. The molecule has 0 spiro atoms. The molecular weight excluding hydrogens is 286 g/mol. The van der Waals surface area contributed by atoms with Crippen molar-refractivity contribution in [1.82, 2.24) is 15.4 Å². The van der Waals surface area contributed by atoms with Crippen LogP contribution >= 0.6 is 12.4 Å². The standard InChI is InChI=1S/C16H21N3O.ClH/c1-12-9-19(10-13(2)17-12)11-15-8-16(18-20-15)14-6-4-3-5-7-14;/h3-8,12-13,17H,9-11H2,1-2H3;1H. The molecule has 1 aromatic carbocycles. The second kappa shape index (κ2) is 7.07. The van der Waals surface area contributed by atoms with E-state index in [0.717, 1.165) is 36.7 Å². The Morgan fingerprint density at radius 3 is 2.52 bits per heavy atom. The Hall–Kier alpha value is -1.36. The third kappa shape index (κ3) is 4.06. The first kappa shape index (κ1) is 16.0. The van der Waals surface area contributed by atoms with Gasteiger partial charge in [-0.05, 0) is 13.8 Å². The summed E-state index contributed by atoms with van der Waals surface area (Å²) in [5.74, 6) is 0.935. The lowest BCUT2D eigenvalue weighted by Gasteiger charge is -2.35. The number of hydrogen-bond donors (Lipinski definition) is 1. The van der Waals surface area contributed by atoms with Crippen molar-refractivity contribution in [3.8, 4) is 11.3 Å². The molecule has 1 aliphatic heterocycles. The molecule has 1 saturated heterocycles. The molecule has 2 atom stereocenters. The zero-order valence-electron chi connectivity index (χ0n) is 12.5. The molecule has 2 heterocycles. The zero-order valence-corrected chi connectivity index (χ0v) is 13.3. The van der Waals surface area contributed by atoms with Gasteiger partial charge in [-0.2, -0.15) is 0 Å². The van der Waals surface area contributed by atoms with Crippen LogP contribution in [0.25, 0.3) is 11.3 Å². The van der Waals surface area contributed by atoms with Crippen molar-refractivity contribution >= 4 is 12.4 Å². The average Bonchev–Trinajstić information content (AvgIpc) is 2.87. The van der Waals surface area contributed by atoms with E-state index in [-0.39, 0.29) is 12.4 Å². The van der Waals surface area contributed by atoms with Crippen molar-refractivity contribution < 1.29 is 4.52 Å². The monoisotopic (exact) mass is 307 g/mol. The normalized spacial score (nSPS) is 22.8. The summed E-state index contributed by atoms with van der Waals surface area (Å²) in [6.45, 7) is 7.37. The minimum atomic E-state index is 0. The average molecular weight is 308 g/mol. The predicted molar refractivity (Wildman–Crippen MR) is 86.5 cm³/mol. The van der Waals surface area contributed by atoms with Gasteiger partial charge in [0.05, 0.1) is 6.54 Å². The van der Waals surface area contributed by atoms with Crippen molar-refractivity contribution in [1.29, 1.82) is 0 Å². The van der Waals surface area contributed by atoms with E-state index in [4.69, 9.17) is 4.52 Å². The second-order valence-corrected chi connectivity index (χ2v) is 5.71. The lowest BCUT2D eigenvalue weighted by atomic mass is 10.1. The van der Waals surface area contributed by atoms with Crippen LogP contribution in [0.3, 0.4) is 0 Å². The van der Waals surface area contributed by atoms with E-state index in [0.29, 0.717) is 12.1 Å². The number of piperazine rings is 1. The molecule has 3 rings (SSSR count). The summed E-state index contributed by atoms with van der Waals surface area (Å²) >= 11 is 0. The van der Waals surface area contributed by atoms with Gasteiger partial charge in [0.2, 0.25) is 0 Å². The molecule has 5 heteroatoms. The van der Waals surface area contributed by atoms with Crippen LogP contribution in [0.4, 0.5) is 0 Å². The molecule has 21 heavy (non-hydrogen) atoms. The van der Waals surface area contributed by atoms with Gasteiger partial charge in [0.1, 0.15) is 5.69 Å². The van der Waals surface area contributed by atoms with Crippen LogP contribution in [0.1, 0.15) is 19.6 Å². The van der Waals surface area contributed by atoms with E-state index in [1.807, 2.05) is 24.3 Å². The summed E-state index contributed by atoms with van der Waals surface area (Å²) in [5, 5.41) is 7.71. The molecule has 1 aliphatic rings. The molecule has 0 saturated carbocycles. The summed E-state index contributed by atoms with van der Waals surface area (Å²) in [6.07, 6.45) is 0. The van der Waals surface area contributed by atoms with Gasteiger partial charge in [0.15, 0.2) is 5.76 Å². The van der Waals surface area contributed by atoms with E-state index in [1.54, 1.807) is 0 Å². The Kier molecular flexibility index (Phi) is 5.39. The maximum atomic E-state index is 5.48. The van der Waals surface area contributed by atoms with Gasteiger partial charge in [-0.25, -0.2) is 0 Å². The Morgan fingerprint density at radius 2 is 1.86 bits per heavy atom. The smallest absolute Gasteiger partial charge is 0.151 e. The first-order chi connectivity index (χ1) is 9.70. The number of nitrogens with one attached hydrogen (secondary N) is 1. The first-order valence-electron chi connectivity index (χ1n) is 7.20. The molecule has 2 aromatic rings. The third-order valence-electron chi connectivity index (χ3n) is 3.64. The van der Waals surface area contributed by atoms with E-state index < -0.39 is 0 Å². The van der Waals surface area contributed by atoms with Crippen molar-refractivity contribution in [3.05, 3.63) is 42.2 Å². The number of aromatic nitrogens is 1. The summed E-state index contributed by atoms with van der Waals surface area (Å²) in [5.41, 5.74) is 2.02. The Morgan fingerprint density at radius 1 is 1.19 bits per heavy atom. The molecule has 1 N–H and O–H groups in total. The van der Waals surface area contributed by atoms with E-state index in [1.165, 1.54) is 0 Å². The highest BCUT2D eigenvalue weighted by Crippen LogP contribution is 2.20. The van der Waals surface area contributed by atoms with Crippen LogP contribution in [0.15, 0.2) is 40.9 Å². The Balaban J connectivity index is 0.00000161. The molecule has 0 amide bonds. The molecule has 4 nitrogen and oxygen atoms in total. The first-order valence-corrected chi connectivity index (χ1v) is 7.20. The van der Waals surface area contributed by atoms with Crippen LogP contribution in [0.5, 0.6) is 0 Å². The van der Waals surface area contributed by atoms with Crippen LogP contribution in [-0.2, 0) is 6.54 Å². The topological polar surface area (TPSA) is 41.3 Å². The molecule has 0 bridgehead atoms. The van der Waals surface area contributed by atoms with Gasteiger partial charge in [-0.3, -0.25) is 4.90 Å². The fourth-order valence-corrected chi connectivity index (χ4v) is 2.92. The molecular formula is C16H22ClN3O. The zero-order chi connectivity index (χ0) is 13.9.